The van der Waals surface area contributed by atoms with Crippen molar-refractivity contribution in [1.82, 2.24) is 5.32 Å². The number of nitro groups is 1. The molecule has 0 unspecified atom stereocenters. The SMILES string of the molecule is C/C(=C\[N+](=O)[O-])NC[C@H](O)CO. The van der Waals surface area contributed by atoms with Gasteiger partial charge in [-0.05, 0) is 6.92 Å². The van der Waals surface area contributed by atoms with Crippen molar-refractivity contribution in [3.63, 3.8) is 0 Å². The number of rotatable bonds is 5. The molecule has 6 nitrogen and oxygen atoms in total. The van der Waals surface area contributed by atoms with E-state index >= 15 is 0 Å². The summed E-state index contributed by atoms with van der Waals surface area (Å²) in [5.74, 6) is 0. The summed E-state index contributed by atoms with van der Waals surface area (Å²) in [6.45, 7) is 1.25. The number of hydrogen-bond acceptors (Lipinski definition) is 5. The van der Waals surface area contributed by atoms with Crippen LogP contribution in [0.3, 0.4) is 0 Å². The van der Waals surface area contributed by atoms with Crippen molar-refractivity contribution in [3.05, 3.63) is 22.0 Å². The Bertz CT molecular complexity index is 180. The summed E-state index contributed by atoms with van der Waals surface area (Å²) in [4.78, 5) is 9.31. The normalized spacial score (nSPS) is 14.1. The lowest BCUT2D eigenvalue weighted by Gasteiger charge is -2.08. The van der Waals surface area contributed by atoms with E-state index in [9.17, 15) is 10.1 Å². The standard InChI is InChI=1S/C6H12N2O4/c1-5(3-8(11)12)7-2-6(10)4-9/h3,6-7,9-10H,2,4H2,1H3/b5-3+/t6-/m0/s1. The summed E-state index contributed by atoms with van der Waals surface area (Å²) in [6.07, 6.45) is -0.0931. The molecule has 0 aromatic heterocycles. The number of aliphatic hydroxyl groups excluding tert-OH is 2. The highest BCUT2D eigenvalue weighted by atomic mass is 16.6. The van der Waals surface area contributed by atoms with E-state index in [2.05, 4.69) is 5.32 Å². The monoisotopic (exact) mass is 176 g/mol. The van der Waals surface area contributed by atoms with Gasteiger partial charge in [0, 0.05) is 6.54 Å². The minimum Gasteiger partial charge on any atom is -0.394 e. The first-order valence-corrected chi connectivity index (χ1v) is 3.41. The van der Waals surface area contributed by atoms with Crippen LogP contribution in [-0.2, 0) is 0 Å². The maximum Gasteiger partial charge on any atom is 0.252 e. The van der Waals surface area contributed by atoms with E-state index in [1.165, 1.54) is 6.92 Å². The van der Waals surface area contributed by atoms with E-state index in [0.29, 0.717) is 5.70 Å². The lowest BCUT2D eigenvalue weighted by molar-refractivity contribution is -0.403. The van der Waals surface area contributed by atoms with Crippen molar-refractivity contribution in [2.75, 3.05) is 13.2 Å². The Labute approximate surface area is 69.7 Å². The maximum atomic E-state index is 9.90. The fourth-order valence-electron chi connectivity index (χ4n) is 0.547. The third-order valence-electron chi connectivity index (χ3n) is 1.13. The van der Waals surface area contributed by atoms with Gasteiger partial charge in [0.15, 0.2) is 0 Å². The Morgan fingerprint density at radius 2 is 2.42 bits per heavy atom. The van der Waals surface area contributed by atoms with Crippen LogP contribution in [0.5, 0.6) is 0 Å². The summed E-state index contributed by atoms with van der Waals surface area (Å²) < 4.78 is 0. The molecule has 0 aromatic rings. The van der Waals surface area contributed by atoms with E-state index in [-0.39, 0.29) is 13.2 Å². The van der Waals surface area contributed by atoms with Gasteiger partial charge in [0.2, 0.25) is 0 Å². The summed E-state index contributed by atoms with van der Waals surface area (Å²) >= 11 is 0. The average Bonchev–Trinajstić information content (AvgIpc) is 1.99. The van der Waals surface area contributed by atoms with Crippen molar-refractivity contribution in [3.8, 4) is 0 Å². The zero-order valence-corrected chi connectivity index (χ0v) is 6.73. The third kappa shape index (κ3) is 5.63. The molecule has 3 N–H and O–H groups in total. The number of nitrogens with zero attached hydrogens (tertiary/aromatic N) is 1. The van der Waals surface area contributed by atoms with Gasteiger partial charge in [0.1, 0.15) is 0 Å². The Hall–Kier alpha value is -1.14. The van der Waals surface area contributed by atoms with Crippen LogP contribution in [0.15, 0.2) is 11.9 Å². The van der Waals surface area contributed by atoms with Crippen LogP contribution in [0.1, 0.15) is 6.92 Å². The van der Waals surface area contributed by atoms with Gasteiger partial charge < -0.3 is 15.5 Å². The molecule has 0 saturated carbocycles. The molecule has 0 fully saturated rings. The lowest BCUT2D eigenvalue weighted by Crippen LogP contribution is -2.28. The molecule has 12 heavy (non-hydrogen) atoms. The first-order valence-electron chi connectivity index (χ1n) is 3.41. The molecule has 0 radical (unpaired) electrons. The average molecular weight is 176 g/mol. The predicted molar refractivity (Wildman–Crippen MR) is 41.8 cm³/mol. The molecule has 6 heteroatoms. The zero-order chi connectivity index (χ0) is 9.56. The van der Waals surface area contributed by atoms with Gasteiger partial charge in [0.25, 0.3) is 6.20 Å². The quantitative estimate of drug-likeness (QED) is 0.371. The van der Waals surface area contributed by atoms with Crippen molar-refractivity contribution in [2.45, 2.75) is 13.0 Å². The molecule has 0 aromatic carbocycles. The van der Waals surface area contributed by atoms with Gasteiger partial charge in [-0.3, -0.25) is 10.1 Å². The number of hydrogen-bond donors (Lipinski definition) is 3. The van der Waals surface area contributed by atoms with Crippen LogP contribution in [0, 0.1) is 10.1 Å². The zero-order valence-electron chi connectivity index (χ0n) is 6.73. The molecule has 0 spiro atoms. The molecular weight excluding hydrogens is 164 g/mol. The molecule has 70 valence electrons. The second-order valence-corrected chi connectivity index (χ2v) is 2.31. The van der Waals surface area contributed by atoms with E-state index in [1.54, 1.807) is 0 Å². The Morgan fingerprint density at radius 1 is 1.83 bits per heavy atom. The molecule has 0 saturated heterocycles. The van der Waals surface area contributed by atoms with E-state index in [0.717, 1.165) is 6.20 Å². The lowest BCUT2D eigenvalue weighted by atomic mass is 10.3. The van der Waals surface area contributed by atoms with Crippen LogP contribution in [0.2, 0.25) is 0 Å². The fourth-order valence-corrected chi connectivity index (χ4v) is 0.547. The molecule has 1 atom stereocenters. The van der Waals surface area contributed by atoms with Crippen LogP contribution in [-0.4, -0.2) is 34.4 Å². The summed E-state index contributed by atoms with van der Waals surface area (Å²) in [6, 6.07) is 0. The van der Waals surface area contributed by atoms with Crippen molar-refractivity contribution in [1.29, 1.82) is 0 Å². The van der Waals surface area contributed by atoms with Gasteiger partial charge >= 0.3 is 0 Å². The van der Waals surface area contributed by atoms with E-state index in [4.69, 9.17) is 10.2 Å². The topological polar surface area (TPSA) is 95.6 Å². The second kappa shape index (κ2) is 5.50. The van der Waals surface area contributed by atoms with Crippen LogP contribution >= 0.6 is 0 Å². The molecule has 0 aliphatic carbocycles. The van der Waals surface area contributed by atoms with Gasteiger partial charge in [-0.25, -0.2) is 0 Å². The molecule has 0 heterocycles. The van der Waals surface area contributed by atoms with Crippen LogP contribution < -0.4 is 5.32 Å². The highest BCUT2D eigenvalue weighted by molar-refractivity contribution is 4.89. The molecule has 0 amide bonds. The molecule has 0 rings (SSSR count). The van der Waals surface area contributed by atoms with Crippen LogP contribution in [0.25, 0.3) is 0 Å². The van der Waals surface area contributed by atoms with E-state index < -0.39 is 11.0 Å². The smallest absolute Gasteiger partial charge is 0.252 e. The third-order valence-corrected chi connectivity index (χ3v) is 1.13. The highest BCUT2D eigenvalue weighted by Gasteiger charge is 2.01. The van der Waals surface area contributed by atoms with Gasteiger partial charge in [0.05, 0.1) is 23.3 Å². The largest absolute Gasteiger partial charge is 0.394 e. The first-order chi connectivity index (χ1) is 5.56. The Kier molecular flexibility index (Phi) is 4.98. The second-order valence-electron chi connectivity index (χ2n) is 2.31. The number of aliphatic hydroxyl groups is 2. The molecule has 0 bridgehead atoms. The summed E-state index contributed by atoms with van der Waals surface area (Å²) in [7, 11) is 0. The van der Waals surface area contributed by atoms with Crippen LogP contribution in [0.4, 0.5) is 0 Å². The van der Waals surface area contributed by atoms with Gasteiger partial charge in [-0.15, -0.1) is 0 Å². The van der Waals surface area contributed by atoms with Crippen molar-refractivity contribution >= 4 is 0 Å². The van der Waals surface area contributed by atoms with Crippen molar-refractivity contribution in [2.24, 2.45) is 0 Å². The Balaban J connectivity index is 3.70. The number of nitrogens with one attached hydrogen (secondary N) is 1. The summed E-state index contributed by atoms with van der Waals surface area (Å²) in [5, 5.41) is 29.7. The minimum absolute atomic E-state index is 0.104. The maximum absolute atomic E-state index is 9.90. The molecule has 0 aliphatic heterocycles. The first kappa shape index (κ1) is 10.9. The summed E-state index contributed by atoms with van der Waals surface area (Å²) in [5.41, 5.74) is 0.340. The fraction of sp³-hybridized carbons (Fsp3) is 0.667. The number of allylic oxidation sites excluding steroid dienone is 1. The highest BCUT2D eigenvalue weighted by Crippen LogP contribution is 1.87. The van der Waals surface area contributed by atoms with Gasteiger partial charge in [-0.1, -0.05) is 0 Å². The predicted octanol–water partition coefficient (Wildman–Crippen LogP) is -0.933. The Morgan fingerprint density at radius 3 is 2.83 bits per heavy atom. The molecule has 0 aliphatic rings. The molecular formula is C6H12N2O4. The van der Waals surface area contributed by atoms with Crippen molar-refractivity contribution < 1.29 is 15.1 Å². The minimum atomic E-state index is -0.889. The van der Waals surface area contributed by atoms with E-state index in [1.807, 2.05) is 0 Å². The van der Waals surface area contributed by atoms with Gasteiger partial charge in [-0.2, -0.15) is 0 Å².